The lowest BCUT2D eigenvalue weighted by Crippen LogP contribution is -2.00. The van der Waals surface area contributed by atoms with Gasteiger partial charge in [-0.15, -0.1) is 0 Å². The zero-order valence-corrected chi connectivity index (χ0v) is 5.14. The fourth-order valence-corrected chi connectivity index (χ4v) is 0.470. The number of carboxylic acids is 2. The van der Waals surface area contributed by atoms with Crippen LogP contribution in [0.15, 0.2) is 10.7 Å². The Balaban J connectivity index is 2.99. The third-order valence-electron chi connectivity index (χ3n) is 0.906. The van der Waals surface area contributed by atoms with Crippen molar-refractivity contribution in [2.75, 3.05) is 0 Å². The molecule has 0 aliphatic carbocycles. The first-order valence-electron chi connectivity index (χ1n) is 2.53. The summed E-state index contributed by atoms with van der Waals surface area (Å²) < 4.78 is 4.30. The number of carbonyl (C=O) groups is 2. The molecule has 2 N–H and O–H groups in total. The zero-order valence-electron chi connectivity index (χ0n) is 5.14. The van der Waals surface area contributed by atoms with Crippen LogP contribution in [0.5, 0.6) is 0 Å². The molecule has 0 saturated carbocycles. The van der Waals surface area contributed by atoms with Gasteiger partial charge in [-0.2, -0.15) is 4.98 Å². The first-order valence-corrected chi connectivity index (χ1v) is 2.53. The molecule has 58 valence electrons. The molecule has 0 bridgehead atoms. The van der Waals surface area contributed by atoms with E-state index in [1.807, 2.05) is 0 Å². The zero-order chi connectivity index (χ0) is 8.43. The second-order valence-electron chi connectivity index (χ2n) is 1.65. The van der Waals surface area contributed by atoms with Crippen LogP contribution in [-0.4, -0.2) is 27.1 Å². The lowest BCUT2D eigenvalue weighted by atomic mass is 10.5. The molecule has 1 heterocycles. The molecule has 6 heteroatoms. The van der Waals surface area contributed by atoms with Crippen LogP contribution in [0.3, 0.4) is 0 Å². The molecule has 11 heavy (non-hydrogen) atoms. The molecule has 1 aromatic rings. The molecule has 0 fully saturated rings. The lowest BCUT2D eigenvalue weighted by Gasteiger charge is -1.79. The van der Waals surface area contributed by atoms with E-state index in [1.165, 1.54) is 0 Å². The summed E-state index contributed by atoms with van der Waals surface area (Å²) in [5, 5.41) is 16.5. The quantitative estimate of drug-likeness (QED) is 0.629. The van der Waals surface area contributed by atoms with Crippen LogP contribution < -0.4 is 0 Å². The highest BCUT2D eigenvalue weighted by Crippen LogP contribution is 2.00. The van der Waals surface area contributed by atoms with E-state index in [1.54, 1.807) is 0 Å². The summed E-state index contributed by atoms with van der Waals surface area (Å²) >= 11 is 0. The topological polar surface area (TPSA) is 101 Å². The van der Waals surface area contributed by atoms with Crippen molar-refractivity contribution in [1.29, 1.82) is 0 Å². The van der Waals surface area contributed by atoms with E-state index in [0.29, 0.717) is 0 Å². The number of aromatic nitrogens is 1. The Morgan fingerprint density at radius 2 is 2.00 bits per heavy atom. The van der Waals surface area contributed by atoms with Gasteiger partial charge in [0.2, 0.25) is 0 Å². The first kappa shape index (κ1) is 7.26. The fourth-order valence-electron chi connectivity index (χ4n) is 0.470. The van der Waals surface area contributed by atoms with Crippen LogP contribution in [0.2, 0.25) is 0 Å². The second kappa shape index (κ2) is 2.41. The monoisotopic (exact) mass is 157 g/mol. The first-order chi connectivity index (χ1) is 5.11. The standard InChI is InChI=1S/C5H3NO5/c7-4(8)2-1-11-3(6-2)5(9)10/h1H,(H,7,8)(H,9,10). The molecule has 0 spiro atoms. The van der Waals surface area contributed by atoms with Gasteiger partial charge in [0, 0.05) is 0 Å². The summed E-state index contributed by atoms with van der Waals surface area (Å²) in [5.41, 5.74) is -0.414. The molecule has 0 radical (unpaired) electrons. The highest BCUT2D eigenvalue weighted by Gasteiger charge is 2.14. The number of rotatable bonds is 2. The molecule has 0 unspecified atom stereocenters. The third kappa shape index (κ3) is 1.34. The molecular weight excluding hydrogens is 154 g/mol. The maximum Gasteiger partial charge on any atom is 0.392 e. The smallest absolute Gasteiger partial charge is 0.392 e. The summed E-state index contributed by atoms with van der Waals surface area (Å²) in [6.45, 7) is 0. The van der Waals surface area contributed by atoms with Gasteiger partial charge in [-0.05, 0) is 0 Å². The van der Waals surface area contributed by atoms with Crippen molar-refractivity contribution in [3.05, 3.63) is 17.8 Å². The van der Waals surface area contributed by atoms with Crippen LogP contribution in [0.1, 0.15) is 21.2 Å². The van der Waals surface area contributed by atoms with Gasteiger partial charge in [-0.25, -0.2) is 9.59 Å². The van der Waals surface area contributed by atoms with E-state index >= 15 is 0 Å². The average Bonchev–Trinajstić information content (AvgIpc) is 2.33. The van der Waals surface area contributed by atoms with E-state index in [9.17, 15) is 9.59 Å². The summed E-state index contributed by atoms with van der Waals surface area (Å²) in [6.07, 6.45) is 0.770. The van der Waals surface area contributed by atoms with Crippen molar-refractivity contribution >= 4 is 11.9 Å². The van der Waals surface area contributed by atoms with Crippen molar-refractivity contribution in [2.24, 2.45) is 0 Å². The summed E-state index contributed by atoms with van der Waals surface area (Å²) in [6, 6.07) is 0. The van der Waals surface area contributed by atoms with Gasteiger partial charge in [0.1, 0.15) is 6.26 Å². The molecule has 0 atom stereocenters. The molecule has 0 aromatic carbocycles. The predicted molar refractivity (Wildman–Crippen MR) is 30.4 cm³/mol. The Bertz CT molecular complexity index is 273. The van der Waals surface area contributed by atoms with Gasteiger partial charge in [-0.1, -0.05) is 0 Å². The van der Waals surface area contributed by atoms with Crippen LogP contribution in [-0.2, 0) is 0 Å². The highest BCUT2D eigenvalue weighted by molar-refractivity contribution is 5.88. The summed E-state index contributed by atoms with van der Waals surface area (Å²) in [5.74, 6) is -3.33. The number of hydrogen-bond acceptors (Lipinski definition) is 4. The average molecular weight is 157 g/mol. The van der Waals surface area contributed by atoms with Crippen LogP contribution in [0, 0.1) is 0 Å². The van der Waals surface area contributed by atoms with Gasteiger partial charge in [0.05, 0.1) is 0 Å². The Morgan fingerprint density at radius 1 is 1.36 bits per heavy atom. The Morgan fingerprint density at radius 3 is 2.27 bits per heavy atom. The van der Waals surface area contributed by atoms with Crippen molar-refractivity contribution in [1.82, 2.24) is 4.98 Å². The van der Waals surface area contributed by atoms with Crippen LogP contribution >= 0.6 is 0 Å². The normalized spacial score (nSPS) is 9.45. The van der Waals surface area contributed by atoms with Crippen molar-refractivity contribution in [2.45, 2.75) is 0 Å². The number of oxazole rings is 1. The molecule has 1 aromatic heterocycles. The largest absolute Gasteiger partial charge is 0.476 e. The number of aromatic carboxylic acids is 2. The molecule has 6 nitrogen and oxygen atoms in total. The van der Waals surface area contributed by atoms with Gasteiger partial charge < -0.3 is 14.6 Å². The summed E-state index contributed by atoms with van der Waals surface area (Å²) in [4.78, 5) is 23.4. The van der Waals surface area contributed by atoms with Gasteiger partial charge in [0.25, 0.3) is 0 Å². The Labute approximate surface area is 60.1 Å². The minimum Gasteiger partial charge on any atom is -0.476 e. The maximum absolute atomic E-state index is 10.1. The van der Waals surface area contributed by atoms with Crippen LogP contribution in [0.4, 0.5) is 0 Å². The minimum absolute atomic E-state index is 0.414. The fraction of sp³-hybridized carbons (Fsp3) is 0. The molecule has 1 rings (SSSR count). The molecule has 0 aliphatic rings. The van der Waals surface area contributed by atoms with Crippen LogP contribution in [0.25, 0.3) is 0 Å². The van der Waals surface area contributed by atoms with E-state index in [0.717, 1.165) is 6.26 Å². The number of carboxylic acid groups (broad SMARTS) is 2. The van der Waals surface area contributed by atoms with Crippen molar-refractivity contribution in [3.8, 4) is 0 Å². The van der Waals surface area contributed by atoms with E-state index in [2.05, 4.69) is 9.40 Å². The minimum atomic E-state index is -1.39. The molecule has 0 saturated heterocycles. The number of nitrogens with zero attached hydrogens (tertiary/aromatic N) is 1. The predicted octanol–water partition coefficient (Wildman–Crippen LogP) is 0.0710. The third-order valence-corrected chi connectivity index (χ3v) is 0.906. The molecular formula is C5H3NO5. The highest BCUT2D eigenvalue weighted by atomic mass is 16.4. The van der Waals surface area contributed by atoms with Gasteiger partial charge in [-0.3, -0.25) is 0 Å². The van der Waals surface area contributed by atoms with Gasteiger partial charge >= 0.3 is 17.8 Å². The molecule has 0 amide bonds. The van der Waals surface area contributed by atoms with Gasteiger partial charge in [0.15, 0.2) is 5.69 Å². The Hall–Kier alpha value is -1.85. The van der Waals surface area contributed by atoms with E-state index in [-0.39, 0.29) is 0 Å². The SMILES string of the molecule is O=C(O)c1coc(C(=O)O)n1. The number of hydrogen-bond donors (Lipinski definition) is 2. The van der Waals surface area contributed by atoms with E-state index < -0.39 is 23.5 Å². The Kier molecular flexibility index (Phi) is 1.59. The van der Waals surface area contributed by atoms with E-state index in [4.69, 9.17) is 10.2 Å². The maximum atomic E-state index is 10.1. The second-order valence-corrected chi connectivity index (χ2v) is 1.65. The van der Waals surface area contributed by atoms with Crippen molar-refractivity contribution in [3.63, 3.8) is 0 Å². The summed E-state index contributed by atoms with van der Waals surface area (Å²) in [7, 11) is 0. The van der Waals surface area contributed by atoms with Crippen molar-refractivity contribution < 1.29 is 24.2 Å². The lowest BCUT2D eigenvalue weighted by molar-refractivity contribution is 0.0653. The molecule has 0 aliphatic heterocycles.